The van der Waals surface area contributed by atoms with Gasteiger partial charge in [0.25, 0.3) is 5.69 Å². The Labute approximate surface area is 100 Å². The third-order valence-electron chi connectivity index (χ3n) is 1.71. The van der Waals surface area contributed by atoms with Crippen LogP contribution in [0.2, 0.25) is 0 Å². The largest absolute Gasteiger partial charge is 0.444 e. The average molecular weight is 252 g/mol. The molecule has 9 nitrogen and oxygen atoms in total. The second-order valence-electron chi connectivity index (χ2n) is 3.00. The van der Waals surface area contributed by atoms with Gasteiger partial charge in [0.15, 0.2) is 5.96 Å². The summed E-state index contributed by atoms with van der Waals surface area (Å²) in [7, 11) is 0. The van der Waals surface area contributed by atoms with E-state index in [1.807, 2.05) is 0 Å². The maximum atomic E-state index is 11.4. The minimum atomic E-state index is -1.27. The molecule has 4 N–H and O–H groups in total. The zero-order valence-corrected chi connectivity index (χ0v) is 8.90. The van der Waals surface area contributed by atoms with Gasteiger partial charge in [0, 0.05) is 12.1 Å². The number of amides is 1. The molecule has 0 bridgehead atoms. The molecular weight excluding hydrogens is 244 g/mol. The Morgan fingerprint density at radius 3 is 2.22 bits per heavy atom. The van der Waals surface area contributed by atoms with Crippen molar-refractivity contribution in [2.24, 2.45) is 16.5 Å². The van der Waals surface area contributed by atoms with E-state index in [0.29, 0.717) is 0 Å². The molecule has 0 saturated heterocycles. The van der Waals surface area contributed by atoms with E-state index in [4.69, 9.17) is 11.5 Å². The Kier molecular flexibility index (Phi) is 3.92. The van der Waals surface area contributed by atoms with Crippen LogP contribution >= 0.6 is 0 Å². The summed E-state index contributed by atoms with van der Waals surface area (Å²) < 4.78 is 4.25. The number of non-ortho nitro benzene ring substituents is 1. The normalized spacial score (nSPS) is 9.33. The van der Waals surface area contributed by atoms with Gasteiger partial charge in [-0.15, -0.1) is 4.99 Å². The highest BCUT2D eigenvalue weighted by Gasteiger charge is 2.14. The number of nitrogens with zero attached hydrogens (tertiary/aromatic N) is 2. The van der Waals surface area contributed by atoms with Crippen molar-refractivity contribution in [1.82, 2.24) is 0 Å². The first kappa shape index (κ1) is 13.1. The topological polar surface area (TPSA) is 151 Å². The van der Waals surface area contributed by atoms with Crippen LogP contribution in [0.15, 0.2) is 29.3 Å². The molecule has 0 heterocycles. The second kappa shape index (κ2) is 5.39. The molecule has 1 amide bonds. The number of carbonyl (C=O) groups is 2. The second-order valence-corrected chi connectivity index (χ2v) is 3.00. The molecule has 0 aliphatic heterocycles. The van der Waals surface area contributed by atoms with Crippen molar-refractivity contribution in [3.63, 3.8) is 0 Å². The highest BCUT2D eigenvalue weighted by molar-refractivity contribution is 5.99. The lowest BCUT2D eigenvalue weighted by Crippen LogP contribution is -2.25. The lowest BCUT2D eigenvalue weighted by atomic mass is 10.2. The first-order valence-corrected chi connectivity index (χ1v) is 4.50. The SMILES string of the molecule is NC(N)=NC(=O)OC(=O)c1ccc([N+](=O)[O-])cc1. The molecule has 94 valence electrons. The molecule has 0 unspecified atom stereocenters. The predicted octanol–water partition coefficient (Wildman–Crippen LogP) is 0.145. The van der Waals surface area contributed by atoms with Gasteiger partial charge in [-0.05, 0) is 12.1 Å². The number of rotatable bonds is 2. The smallest absolute Gasteiger partial charge is 0.371 e. The number of guanidine groups is 1. The van der Waals surface area contributed by atoms with E-state index in [-0.39, 0.29) is 11.3 Å². The molecule has 1 rings (SSSR count). The molecule has 0 spiro atoms. The van der Waals surface area contributed by atoms with Gasteiger partial charge in [-0.1, -0.05) is 0 Å². The van der Waals surface area contributed by atoms with Crippen molar-refractivity contribution >= 4 is 23.7 Å². The van der Waals surface area contributed by atoms with Gasteiger partial charge < -0.3 is 16.2 Å². The maximum Gasteiger partial charge on any atom is 0.444 e. The summed E-state index contributed by atoms with van der Waals surface area (Å²) in [6, 6.07) is 4.48. The summed E-state index contributed by atoms with van der Waals surface area (Å²) in [6.45, 7) is 0. The van der Waals surface area contributed by atoms with E-state index >= 15 is 0 Å². The first-order chi connectivity index (χ1) is 8.40. The fraction of sp³-hybridized carbons (Fsp3) is 0. The third-order valence-corrected chi connectivity index (χ3v) is 1.71. The van der Waals surface area contributed by atoms with E-state index < -0.39 is 22.9 Å². The van der Waals surface area contributed by atoms with Crippen LogP contribution in [0.3, 0.4) is 0 Å². The summed E-state index contributed by atoms with van der Waals surface area (Å²) in [4.78, 5) is 35.0. The Balaban J connectivity index is 2.76. The minimum absolute atomic E-state index is 0.0419. The number of aliphatic imine (C=N–C) groups is 1. The van der Waals surface area contributed by atoms with Crippen LogP contribution in [-0.4, -0.2) is 22.9 Å². The molecule has 0 atom stereocenters. The number of hydrogen-bond donors (Lipinski definition) is 2. The average Bonchev–Trinajstić information content (AvgIpc) is 2.27. The molecule has 0 aliphatic rings. The zero-order chi connectivity index (χ0) is 13.7. The quantitative estimate of drug-likeness (QED) is 0.190. The van der Waals surface area contributed by atoms with Crippen molar-refractivity contribution in [1.29, 1.82) is 0 Å². The van der Waals surface area contributed by atoms with E-state index in [1.54, 1.807) is 0 Å². The van der Waals surface area contributed by atoms with Gasteiger partial charge in [0.1, 0.15) is 0 Å². The van der Waals surface area contributed by atoms with Crippen molar-refractivity contribution in [2.75, 3.05) is 0 Å². The maximum absolute atomic E-state index is 11.4. The zero-order valence-electron chi connectivity index (χ0n) is 8.90. The highest BCUT2D eigenvalue weighted by Crippen LogP contribution is 2.12. The number of ether oxygens (including phenoxy) is 1. The molecule has 0 fully saturated rings. The number of nitrogens with two attached hydrogens (primary N) is 2. The monoisotopic (exact) mass is 252 g/mol. The highest BCUT2D eigenvalue weighted by atomic mass is 16.6. The van der Waals surface area contributed by atoms with Crippen LogP contribution in [0.25, 0.3) is 0 Å². The third kappa shape index (κ3) is 3.56. The summed E-state index contributed by atoms with van der Waals surface area (Å²) in [6.07, 6.45) is -1.27. The van der Waals surface area contributed by atoms with Gasteiger partial charge in [-0.2, -0.15) is 0 Å². The Bertz CT molecular complexity index is 518. The number of esters is 1. The van der Waals surface area contributed by atoms with Crippen molar-refractivity contribution in [2.45, 2.75) is 0 Å². The van der Waals surface area contributed by atoms with Crippen LogP contribution in [0.1, 0.15) is 10.4 Å². The number of nitro benzene ring substituents is 1. The number of hydrogen-bond acceptors (Lipinski definition) is 5. The Morgan fingerprint density at radius 1 is 1.22 bits per heavy atom. The Morgan fingerprint density at radius 2 is 1.78 bits per heavy atom. The number of carbonyl (C=O) groups excluding carboxylic acids is 2. The molecule has 9 heteroatoms. The summed E-state index contributed by atoms with van der Waals surface area (Å²) in [5.74, 6) is -1.56. The van der Waals surface area contributed by atoms with E-state index in [0.717, 1.165) is 24.3 Å². The van der Waals surface area contributed by atoms with Crippen molar-refractivity contribution in [3.05, 3.63) is 39.9 Å². The molecule has 0 aromatic heterocycles. The standard InChI is InChI=1S/C9H8N4O5/c10-8(11)12-9(15)18-7(14)5-1-3-6(4-2-5)13(16)17/h1-4H,(H4,10,11,12,15). The summed E-state index contributed by atoms with van der Waals surface area (Å²) >= 11 is 0. The fourth-order valence-electron chi connectivity index (χ4n) is 0.986. The minimum Gasteiger partial charge on any atom is -0.371 e. The van der Waals surface area contributed by atoms with E-state index in [1.165, 1.54) is 0 Å². The molecule has 0 aliphatic carbocycles. The number of nitro groups is 1. The van der Waals surface area contributed by atoms with Crippen LogP contribution < -0.4 is 11.5 Å². The number of benzene rings is 1. The summed E-state index contributed by atoms with van der Waals surface area (Å²) in [5, 5.41) is 10.4. The molecule has 0 saturated carbocycles. The molecule has 1 aromatic carbocycles. The van der Waals surface area contributed by atoms with Crippen LogP contribution in [0.4, 0.5) is 10.5 Å². The van der Waals surface area contributed by atoms with Crippen LogP contribution in [0.5, 0.6) is 0 Å². The van der Waals surface area contributed by atoms with Crippen molar-refractivity contribution in [3.8, 4) is 0 Å². The van der Waals surface area contributed by atoms with Gasteiger partial charge in [-0.3, -0.25) is 10.1 Å². The molecule has 18 heavy (non-hydrogen) atoms. The van der Waals surface area contributed by atoms with Gasteiger partial charge in [0.2, 0.25) is 0 Å². The van der Waals surface area contributed by atoms with E-state index in [2.05, 4.69) is 9.73 Å². The molecule has 0 radical (unpaired) electrons. The van der Waals surface area contributed by atoms with Crippen LogP contribution in [-0.2, 0) is 4.74 Å². The molecule has 1 aromatic rings. The lowest BCUT2D eigenvalue weighted by Gasteiger charge is -1.99. The lowest BCUT2D eigenvalue weighted by molar-refractivity contribution is -0.384. The Hall–Kier alpha value is -2.97. The van der Waals surface area contributed by atoms with Gasteiger partial charge in [-0.25, -0.2) is 9.59 Å². The van der Waals surface area contributed by atoms with E-state index in [9.17, 15) is 19.7 Å². The predicted molar refractivity (Wildman–Crippen MR) is 59.7 cm³/mol. The summed E-state index contributed by atoms with van der Waals surface area (Å²) in [5.41, 5.74) is 9.57. The van der Waals surface area contributed by atoms with Crippen LogP contribution in [0, 0.1) is 10.1 Å². The fourth-order valence-corrected chi connectivity index (χ4v) is 0.986. The van der Waals surface area contributed by atoms with Gasteiger partial charge in [0.05, 0.1) is 10.5 Å². The van der Waals surface area contributed by atoms with Gasteiger partial charge >= 0.3 is 12.1 Å². The first-order valence-electron chi connectivity index (χ1n) is 4.50. The van der Waals surface area contributed by atoms with Crippen molar-refractivity contribution < 1.29 is 19.2 Å². The molecular formula is C9H8N4O5.